The number of carbonyl (C=O) groups is 1. The van der Waals surface area contributed by atoms with Crippen LogP contribution in [0.25, 0.3) is 21.6 Å². The summed E-state index contributed by atoms with van der Waals surface area (Å²) in [6.07, 6.45) is 3.53. The van der Waals surface area contributed by atoms with Gasteiger partial charge in [0.05, 0.1) is 40.9 Å². The van der Waals surface area contributed by atoms with Gasteiger partial charge < -0.3 is 15.0 Å². The first-order valence-electron chi connectivity index (χ1n) is 11.5. The number of morpholine rings is 1. The van der Waals surface area contributed by atoms with Crippen LogP contribution in [0.3, 0.4) is 0 Å². The molecule has 1 aliphatic heterocycles. The summed E-state index contributed by atoms with van der Waals surface area (Å²) in [5.41, 5.74) is 3.10. The van der Waals surface area contributed by atoms with E-state index in [1.54, 1.807) is 23.7 Å². The van der Waals surface area contributed by atoms with Crippen LogP contribution in [0.1, 0.15) is 40.7 Å². The molecular formula is C25H28N6O2S. The number of hydrogen-bond donors (Lipinski definition) is 1. The zero-order valence-corrected chi connectivity index (χ0v) is 20.4. The van der Waals surface area contributed by atoms with Gasteiger partial charge in [0.1, 0.15) is 5.82 Å². The molecule has 0 aromatic carbocycles. The second-order valence-corrected chi connectivity index (χ2v) is 9.98. The van der Waals surface area contributed by atoms with Crippen LogP contribution in [0.2, 0.25) is 0 Å². The molecule has 34 heavy (non-hydrogen) atoms. The van der Waals surface area contributed by atoms with Crippen LogP contribution in [-0.4, -0.2) is 52.0 Å². The maximum atomic E-state index is 13.4. The molecule has 1 fully saturated rings. The minimum atomic E-state index is -0.144. The van der Waals surface area contributed by atoms with Crippen LogP contribution in [0.5, 0.6) is 0 Å². The normalized spacial score (nSPS) is 14.2. The van der Waals surface area contributed by atoms with Crippen molar-refractivity contribution in [2.45, 2.75) is 33.4 Å². The molecule has 5 rings (SSSR count). The molecule has 0 spiro atoms. The van der Waals surface area contributed by atoms with Crippen molar-refractivity contribution < 1.29 is 9.53 Å². The Balaban J connectivity index is 1.43. The van der Waals surface area contributed by atoms with E-state index >= 15 is 0 Å². The third kappa shape index (κ3) is 4.53. The fourth-order valence-corrected chi connectivity index (χ4v) is 4.92. The maximum Gasteiger partial charge on any atom is 0.252 e. The maximum absolute atomic E-state index is 13.4. The van der Waals surface area contributed by atoms with Gasteiger partial charge >= 0.3 is 0 Å². The number of anilines is 1. The molecule has 1 aliphatic rings. The average molecular weight is 477 g/mol. The molecule has 0 bridgehead atoms. The van der Waals surface area contributed by atoms with Gasteiger partial charge in [-0.1, -0.05) is 0 Å². The van der Waals surface area contributed by atoms with Gasteiger partial charge in [-0.3, -0.25) is 4.79 Å². The van der Waals surface area contributed by atoms with Crippen LogP contribution in [0.4, 0.5) is 5.82 Å². The van der Waals surface area contributed by atoms with Crippen LogP contribution >= 0.6 is 11.3 Å². The van der Waals surface area contributed by atoms with Crippen molar-refractivity contribution in [2.75, 3.05) is 31.2 Å². The molecule has 4 aromatic heterocycles. The number of pyridine rings is 2. The molecule has 0 atom stereocenters. The van der Waals surface area contributed by atoms with E-state index in [-0.39, 0.29) is 11.9 Å². The zero-order chi connectivity index (χ0) is 23.7. The summed E-state index contributed by atoms with van der Waals surface area (Å²) in [6, 6.07) is 10.1. The van der Waals surface area contributed by atoms with Gasteiger partial charge in [-0.05, 0) is 56.7 Å². The summed E-state index contributed by atoms with van der Waals surface area (Å²) in [5.74, 6) is 0.768. The van der Waals surface area contributed by atoms with Gasteiger partial charge in [0.15, 0.2) is 5.65 Å². The molecule has 0 radical (unpaired) electrons. The van der Waals surface area contributed by atoms with Crippen molar-refractivity contribution in [3.8, 4) is 10.6 Å². The third-order valence-corrected chi connectivity index (χ3v) is 6.91. The first-order chi connectivity index (χ1) is 16.5. The highest BCUT2D eigenvalue weighted by Crippen LogP contribution is 2.30. The lowest BCUT2D eigenvalue weighted by atomic mass is 10.1. The van der Waals surface area contributed by atoms with Crippen LogP contribution in [0, 0.1) is 6.92 Å². The van der Waals surface area contributed by atoms with E-state index in [4.69, 9.17) is 9.72 Å². The number of amides is 1. The Morgan fingerprint density at radius 3 is 2.76 bits per heavy atom. The summed E-state index contributed by atoms with van der Waals surface area (Å²) in [5, 5.41) is 8.36. The lowest BCUT2D eigenvalue weighted by Crippen LogP contribution is -2.36. The number of rotatable bonds is 6. The average Bonchev–Trinajstić information content (AvgIpc) is 3.49. The second-order valence-electron chi connectivity index (χ2n) is 8.69. The Kier molecular flexibility index (Phi) is 6.30. The van der Waals surface area contributed by atoms with E-state index in [1.165, 1.54) is 4.88 Å². The molecule has 0 saturated carbocycles. The third-order valence-electron chi connectivity index (χ3n) is 5.89. The lowest BCUT2D eigenvalue weighted by Gasteiger charge is -2.28. The fourth-order valence-electron chi connectivity index (χ4n) is 4.10. The van der Waals surface area contributed by atoms with E-state index < -0.39 is 0 Å². The number of hydrogen-bond acceptors (Lipinski definition) is 7. The summed E-state index contributed by atoms with van der Waals surface area (Å²) < 4.78 is 7.30. The Bertz CT molecular complexity index is 1320. The van der Waals surface area contributed by atoms with Crippen molar-refractivity contribution in [1.82, 2.24) is 25.1 Å². The SMILES string of the molecule is Cc1ccc(-c2cc(C(=O)NCc3ccnc(N4CCOCC4)c3)c3cnn(C(C)C)c3n2)s1. The number of aryl methyl sites for hydroxylation is 1. The number of thiophene rings is 1. The first kappa shape index (κ1) is 22.5. The number of ether oxygens (including phenoxy) is 1. The number of fused-ring (bicyclic) bond motifs is 1. The topological polar surface area (TPSA) is 85.2 Å². The van der Waals surface area contributed by atoms with Gasteiger partial charge in [-0.2, -0.15) is 5.10 Å². The largest absolute Gasteiger partial charge is 0.378 e. The molecule has 1 N–H and O–H groups in total. The highest BCUT2D eigenvalue weighted by molar-refractivity contribution is 7.15. The van der Waals surface area contributed by atoms with Crippen LogP contribution in [0.15, 0.2) is 42.7 Å². The standard InChI is InChI=1S/C25H28N6O2S/c1-16(2)31-24-20(15-28-31)19(13-21(29-24)22-5-4-17(3)34-22)25(32)27-14-18-6-7-26-23(12-18)30-8-10-33-11-9-30/h4-7,12-13,15-16H,8-11,14H2,1-3H3,(H,27,32). The quantitative estimate of drug-likeness (QED) is 0.449. The molecule has 176 valence electrons. The van der Waals surface area contributed by atoms with Gasteiger partial charge in [-0.25, -0.2) is 14.6 Å². The molecule has 5 heterocycles. The number of carbonyl (C=O) groups excluding carboxylic acids is 1. The van der Waals surface area contributed by atoms with E-state index in [1.807, 2.05) is 22.9 Å². The summed E-state index contributed by atoms with van der Waals surface area (Å²) in [6.45, 7) is 9.66. The molecule has 9 heteroatoms. The minimum absolute atomic E-state index is 0.136. The number of aromatic nitrogens is 4. The van der Waals surface area contributed by atoms with E-state index in [0.29, 0.717) is 25.3 Å². The van der Waals surface area contributed by atoms with E-state index in [2.05, 4.69) is 53.2 Å². The van der Waals surface area contributed by atoms with E-state index in [9.17, 15) is 4.79 Å². The molecule has 4 aromatic rings. The number of nitrogens with zero attached hydrogens (tertiary/aromatic N) is 5. The monoisotopic (exact) mass is 476 g/mol. The van der Waals surface area contributed by atoms with E-state index in [0.717, 1.165) is 46.1 Å². The molecular weight excluding hydrogens is 448 g/mol. The van der Waals surface area contributed by atoms with Crippen molar-refractivity contribution in [3.05, 3.63) is 58.7 Å². The molecule has 8 nitrogen and oxygen atoms in total. The van der Waals surface area contributed by atoms with Gasteiger partial charge in [0, 0.05) is 36.8 Å². The Labute approximate surface area is 202 Å². The highest BCUT2D eigenvalue weighted by atomic mass is 32.1. The zero-order valence-electron chi connectivity index (χ0n) is 19.6. The van der Waals surface area contributed by atoms with Crippen molar-refractivity contribution >= 4 is 34.1 Å². The predicted molar refractivity (Wildman–Crippen MR) is 134 cm³/mol. The summed E-state index contributed by atoms with van der Waals surface area (Å²) in [7, 11) is 0. The predicted octanol–water partition coefficient (Wildman–Crippen LogP) is 4.21. The Morgan fingerprint density at radius 2 is 2.03 bits per heavy atom. The molecule has 1 saturated heterocycles. The first-order valence-corrected chi connectivity index (χ1v) is 12.3. The summed E-state index contributed by atoms with van der Waals surface area (Å²) >= 11 is 1.67. The van der Waals surface area contributed by atoms with Crippen molar-refractivity contribution in [3.63, 3.8) is 0 Å². The second kappa shape index (κ2) is 9.52. The minimum Gasteiger partial charge on any atom is -0.378 e. The summed E-state index contributed by atoms with van der Waals surface area (Å²) in [4.78, 5) is 27.2. The van der Waals surface area contributed by atoms with Crippen molar-refractivity contribution in [1.29, 1.82) is 0 Å². The van der Waals surface area contributed by atoms with Gasteiger partial charge in [0.25, 0.3) is 5.91 Å². The smallest absolute Gasteiger partial charge is 0.252 e. The van der Waals surface area contributed by atoms with Crippen molar-refractivity contribution in [2.24, 2.45) is 0 Å². The molecule has 1 amide bonds. The highest BCUT2D eigenvalue weighted by Gasteiger charge is 2.19. The van der Waals surface area contributed by atoms with Gasteiger partial charge in [0.2, 0.25) is 0 Å². The van der Waals surface area contributed by atoms with Crippen LogP contribution < -0.4 is 10.2 Å². The van der Waals surface area contributed by atoms with Gasteiger partial charge in [-0.15, -0.1) is 11.3 Å². The van der Waals surface area contributed by atoms with Crippen LogP contribution in [-0.2, 0) is 11.3 Å². The Morgan fingerprint density at radius 1 is 1.21 bits per heavy atom. The lowest BCUT2D eigenvalue weighted by molar-refractivity contribution is 0.0952. The Hall–Kier alpha value is -3.30. The molecule has 0 unspecified atom stereocenters. The fraction of sp³-hybridized carbons (Fsp3) is 0.360. The number of nitrogens with one attached hydrogen (secondary N) is 1. The molecule has 0 aliphatic carbocycles.